The second kappa shape index (κ2) is 10.2. The van der Waals surface area contributed by atoms with Gasteiger partial charge in [0.05, 0.1) is 12.7 Å². The molecule has 9 heteroatoms. The fourth-order valence-corrected chi connectivity index (χ4v) is 4.35. The van der Waals surface area contributed by atoms with E-state index >= 15 is 0 Å². The smallest absolute Gasteiger partial charge is 0.251 e. The number of carbonyl (C=O) groups excluding carboxylic acids is 2. The predicted molar refractivity (Wildman–Crippen MR) is 129 cm³/mol. The second-order valence-electron chi connectivity index (χ2n) is 8.61. The summed E-state index contributed by atoms with van der Waals surface area (Å²) in [6.07, 6.45) is 1.63. The lowest BCUT2D eigenvalue weighted by molar-refractivity contribution is -0.138. The SMILES string of the molecule is CC(=O)C1(O)C=C[C@](O)(Nc2ccc(Cl)cc2)C(c2ccc(C(=O)NC[C@H](O)CO)cc2)[C@@H]1C. The number of anilines is 1. The molecule has 8 nitrogen and oxygen atoms in total. The summed E-state index contributed by atoms with van der Waals surface area (Å²) in [5.41, 5.74) is -1.96. The highest BCUT2D eigenvalue weighted by Gasteiger charge is 2.52. The molecule has 0 radical (unpaired) electrons. The normalized spacial score (nSPS) is 27.1. The Labute approximate surface area is 202 Å². The number of nitrogens with one attached hydrogen (secondary N) is 2. The van der Waals surface area contributed by atoms with E-state index in [2.05, 4.69) is 10.6 Å². The maximum absolute atomic E-state index is 12.3. The summed E-state index contributed by atoms with van der Waals surface area (Å²) in [5.74, 6) is -2.38. The van der Waals surface area contributed by atoms with E-state index in [0.717, 1.165) is 0 Å². The standard InChI is InChI=1S/C25H29ClN2O6/c1-15-22(17-3-5-18(6-4-17)23(32)27-13-21(31)14-29)25(34,12-11-24(15,33)16(2)30)28-20-9-7-19(26)8-10-20/h3-12,15,21-22,28-29,31,33-34H,13-14H2,1-2H3,(H,27,32)/t15-,21-,22?,24?,25+/m0/s1. The largest absolute Gasteiger partial charge is 0.394 e. The van der Waals surface area contributed by atoms with Crippen LogP contribution in [0.5, 0.6) is 0 Å². The van der Waals surface area contributed by atoms with E-state index in [1.165, 1.54) is 19.1 Å². The Morgan fingerprint density at radius 2 is 1.68 bits per heavy atom. The number of aliphatic hydroxyl groups excluding tert-OH is 2. The van der Waals surface area contributed by atoms with Crippen molar-refractivity contribution in [3.8, 4) is 0 Å². The Morgan fingerprint density at radius 1 is 1.06 bits per heavy atom. The zero-order chi connectivity index (χ0) is 25.1. The quantitative estimate of drug-likeness (QED) is 0.246. The molecular weight excluding hydrogens is 460 g/mol. The first-order valence-electron chi connectivity index (χ1n) is 10.9. The minimum absolute atomic E-state index is 0.0993. The van der Waals surface area contributed by atoms with Crippen LogP contribution in [0.3, 0.4) is 0 Å². The van der Waals surface area contributed by atoms with Crippen molar-refractivity contribution in [2.45, 2.75) is 37.2 Å². The Morgan fingerprint density at radius 3 is 2.24 bits per heavy atom. The minimum atomic E-state index is -1.78. The van der Waals surface area contributed by atoms with Crippen LogP contribution in [-0.2, 0) is 4.79 Å². The van der Waals surface area contributed by atoms with Gasteiger partial charge in [-0.05, 0) is 61.0 Å². The van der Waals surface area contributed by atoms with Gasteiger partial charge in [0.1, 0.15) is 5.60 Å². The maximum Gasteiger partial charge on any atom is 0.251 e. The van der Waals surface area contributed by atoms with E-state index in [0.29, 0.717) is 21.8 Å². The third kappa shape index (κ3) is 5.32. The van der Waals surface area contributed by atoms with Crippen LogP contribution in [0.15, 0.2) is 60.7 Å². The first-order valence-corrected chi connectivity index (χ1v) is 11.2. The van der Waals surface area contributed by atoms with E-state index < -0.39 is 47.6 Å². The van der Waals surface area contributed by atoms with E-state index in [9.17, 15) is 24.9 Å². The number of aliphatic hydroxyl groups is 4. The number of amides is 1. The zero-order valence-electron chi connectivity index (χ0n) is 18.9. The topological polar surface area (TPSA) is 139 Å². The lowest BCUT2D eigenvalue weighted by Crippen LogP contribution is -2.56. The summed E-state index contributed by atoms with van der Waals surface area (Å²) in [6.45, 7) is 2.41. The summed E-state index contributed by atoms with van der Waals surface area (Å²) in [7, 11) is 0. The number of halogens is 1. The van der Waals surface area contributed by atoms with E-state index in [4.69, 9.17) is 16.7 Å². The molecule has 2 aromatic carbocycles. The van der Waals surface area contributed by atoms with Gasteiger partial charge in [0.25, 0.3) is 5.91 Å². The van der Waals surface area contributed by atoms with E-state index in [1.54, 1.807) is 55.5 Å². The summed E-state index contributed by atoms with van der Waals surface area (Å²) >= 11 is 5.96. The number of carbonyl (C=O) groups is 2. The third-order valence-electron chi connectivity index (χ3n) is 6.25. The molecule has 0 fully saturated rings. The Balaban J connectivity index is 1.95. The second-order valence-corrected chi connectivity index (χ2v) is 9.04. The molecule has 0 aromatic heterocycles. The number of Topliss-reactive ketones (excluding diaryl/α,β-unsaturated/α-hetero) is 1. The third-order valence-corrected chi connectivity index (χ3v) is 6.51. The minimum Gasteiger partial charge on any atom is -0.394 e. The molecule has 2 unspecified atom stereocenters. The first-order chi connectivity index (χ1) is 16.0. The molecule has 2 aromatic rings. The van der Waals surface area contributed by atoms with Crippen molar-refractivity contribution in [2.24, 2.45) is 5.92 Å². The van der Waals surface area contributed by atoms with Gasteiger partial charge in [-0.15, -0.1) is 0 Å². The van der Waals surface area contributed by atoms with Gasteiger partial charge >= 0.3 is 0 Å². The van der Waals surface area contributed by atoms with Gasteiger partial charge in [0.2, 0.25) is 0 Å². The van der Waals surface area contributed by atoms with Crippen molar-refractivity contribution < 1.29 is 30.0 Å². The molecule has 0 saturated heterocycles. The van der Waals surface area contributed by atoms with Crippen LogP contribution in [0, 0.1) is 5.92 Å². The van der Waals surface area contributed by atoms with Crippen LogP contribution in [0.1, 0.15) is 35.7 Å². The molecule has 0 heterocycles. The fraction of sp³-hybridized carbons (Fsp3) is 0.360. The van der Waals surface area contributed by atoms with Gasteiger partial charge in [-0.1, -0.05) is 30.7 Å². The molecule has 6 N–H and O–H groups in total. The van der Waals surface area contributed by atoms with Gasteiger partial charge in [-0.3, -0.25) is 9.59 Å². The lowest BCUT2D eigenvalue weighted by atomic mass is 9.65. The number of hydrogen-bond acceptors (Lipinski definition) is 7. The van der Waals surface area contributed by atoms with Gasteiger partial charge in [-0.25, -0.2) is 0 Å². The molecule has 34 heavy (non-hydrogen) atoms. The zero-order valence-corrected chi connectivity index (χ0v) is 19.7. The molecular formula is C25H29ClN2O6. The lowest BCUT2D eigenvalue weighted by Gasteiger charge is -2.47. The predicted octanol–water partition coefficient (Wildman–Crippen LogP) is 1.83. The molecule has 0 saturated carbocycles. The molecule has 1 aliphatic carbocycles. The van der Waals surface area contributed by atoms with Gasteiger partial charge in [-0.2, -0.15) is 0 Å². The molecule has 0 bridgehead atoms. The Kier molecular flexibility index (Phi) is 7.80. The molecule has 1 amide bonds. The van der Waals surface area contributed by atoms with Crippen LogP contribution in [-0.4, -0.2) is 62.7 Å². The Bertz CT molecular complexity index is 1060. The highest BCUT2D eigenvalue weighted by atomic mass is 35.5. The number of rotatable bonds is 8. The average molecular weight is 489 g/mol. The number of benzene rings is 2. The van der Waals surface area contributed by atoms with Crippen LogP contribution in [0.4, 0.5) is 5.69 Å². The van der Waals surface area contributed by atoms with Gasteiger partial charge in [0, 0.05) is 34.7 Å². The van der Waals surface area contributed by atoms with E-state index in [-0.39, 0.29) is 6.54 Å². The summed E-state index contributed by atoms with van der Waals surface area (Å²) in [5, 5.41) is 47.2. The molecule has 3 rings (SSSR count). The molecule has 182 valence electrons. The molecule has 0 aliphatic heterocycles. The van der Waals surface area contributed by atoms with Crippen LogP contribution in [0.2, 0.25) is 5.02 Å². The van der Waals surface area contributed by atoms with Gasteiger partial charge < -0.3 is 31.1 Å². The average Bonchev–Trinajstić information content (AvgIpc) is 2.82. The van der Waals surface area contributed by atoms with Crippen LogP contribution < -0.4 is 10.6 Å². The highest BCUT2D eigenvalue weighted by Crippen LogP contribution is 2.46. The number of ketones is 1. The molecule has 1 aliphatic rings. The van der Waals surface area contributed by atoms with Crippen LogP contribution >= 0.6 is 11.6 Å². The monoisotopic (exact) mass is 488 g/mol. The van der Waals surface area contributed by atoms with Gasteiger partial charge in [0.15, 0.2) is 11.5 Å². The van der Waals surface area contributed by atoms with Crippen molar-refractivity contribution in [3.05, 3.63) is 76.8 Å². The van der Waals surface area contributed by atoms with Crippen molar-refractivity contribution in [1.29, 1.82) is 0 Å². The Hall–Kier alpha value is -2.75. The number of hydrogen-bond donors (Lipinski definition) is 6. The van der Waals surface area contributed by atoms with Crippen molar-refractivity contribution in [2.75, 3.05) is 18.5 Å². The fourth-order valence-electron chi connectivity index (χ4n) is 4.23. The summed E-state index contributed by atoms with van der Waals surface area (Å²) in [4.78, 5) is 24.6. The molecule has 5 atom stereocenters. The summed E-state index contributed by atoms with van der Waals surface area (Å²) < 4.78 is 0. The summed E-state index contributed by atoms with van der Waals surface area (Å²) in [6, 6.07) is 13.1. The highest BCUT2D eigenvalue weighted by molar-refractivity contribution is 6.30. The first kappa shape index (κ1) is 25.9. The van der Waals surface area contributed by atoms with E-state index in [1.807, 2.05) is 0 Å². The maximum atomic E-state index is 12.3. The molecule has 0 spiro atoms. The van der Waals surface area contributed by atoms with Crippen molar-refractivity contribution in [1.82, 2.24) is 5.32 Å². The van der Waals surface area contributed by atoms with Crippen molar-refractivity contribution >= 4 is 29.0 Å². The van der Waals surface area contributed by atoms with Crippen LogP contribution in [0.25, 0.3) is 0 Å². The van der Waals surface area contributed by atoms with Crippen molar-refractivity contribution in [3.63, 3.8) is 0 Å².